The SMILES string of the molecule is Cc1ccc(-n2nnnc2SCC(=O)N(C)Cc2nc3ccccc3s2)cc1. The maximum absolute atomic E-state index is 12.6. The lowest BCUT2D eigenvalue weighted by Crippen LogP contribution is -2.27. The van der Waals surface area contributed by atoms with Gasteiger partial charge in [0.15, 0.2) is 0 Å². The number of carbonyl (C=O) groups is 1. The lowest BCUT2D eigenvalue weighted by atomic mass is 10.2. The van der Waals surface area contributed by atoms with Gasteiger partial charge in [-0.25, -0.2) is 4.98 Å². The number of rotatable bonds is 6. The van der Waals surface area contributed by atoms with Gasteiger partial charge in [-0.05, 0) is 41.6 Å². The van der Waals surface area contributed by atoms with E-state index in [9.17, 15) is 4.79 Å². The van der Waals surface area contributed by atoms with Crippen LogP contribution in [-0.2, 0) is 11.3 Å². The molecule has 7 nitrogen and oxygen atoms in total. The largest absolute Gasteiger partial charge is 0.338 e. The van der Waals surface area contributed by atoms with Crippen LogP contribution in [0.3, 0.4) is 0 Å². The standard InChI is InChI=1S/C19H18N6OS2/c1-13-7-9-14(10-8-13)25-19(21-22-23-25)27-12-18(26)24(2)11-17-20-15-5-3-4-6-16(15)28-17/h3-10H,11-12H2,1-2H3. The second-order valence-electron chi connectivity index (χ2n) is 6.32. The van der Waals surface area contributed by atoms with Crippen molar-refractivity contribution in [2.24, 2.45) is 0 Å². The fourth-order valence-corrected chi connectivity index (χ4v) is 4.48. The summed E-state index contributed by atoms with van der Waals surface area (Å²) in [5.41, 5.74) is 3.00. The minimum Gasteiger partial charge on any atom is -0.338 e. The summed E-state index contributed by atoms with van der Waals surface area (Å²) in [6.07, 6.45) is 0. The van der Waals surface area contributed by atoms with Gasteiger partial charge in [-0.3, -0.25) is 4.79 Å². The van der Waals surface area contributed by atoms with Crippen LogP contribution in [0.15, 0.2) is 53.7 Å². The second-order valence-corrected chi connectivity index (χ2v) is 8.38. The molecule has 2 aromatic heterocycles. The van der Waals surface area contributed by atoms with Crippen molar-refractivity contribution in [2.45, 2.75) is 18.6 Å². The molecule has 0 aliphatic carbocycles. The number of hydrogen-bond acceptors (Lipinski definition) is 7. The van der Waals surface area contributed by atoms with E-state index in [0.29, 0.717) is 11.7 Å². The lowest BCUT2D eigenvalue weighted by Gasteiger charge is -2.15. The van der Waals surface area contributed by atoms with E-state index < -0.39 is 0 Å². The summed E-state index contributed by atoms with van der Waals surface area (Å²) in [5.74, 6) is 0.260. The number of hydrogen-bond donors (Lipinski definition) is 0. The first-order chi connectivity index (χ1) is 13.6. The molecule has 0 saturated carbocycles. The zero-order valence-corrected chi connectivity index (χ0v) is 17.1. The highest BCUT2D eigenvalue weighted by molar-refractivity contribution is 7.99. The van der Waals surface area contributed by atoms with Crippen LogP contribution >= 0.6 is 23.1 Å². The Morgan fingerprint density at radius 1 is 1.18 bits per heavy atom. The van der Waals surface area contributed by atoms with E-state index in [2.05, 4.69) is 20.5 Å². The van der Waals surface area contributed by atoms with E-state index in [4.69, 9.17) is 0 Å². The Labute approximate surface area is 170 Å². The Bertz CT molecular complexity index is 1070. The molecule has 9 heteroatoms. The molecule has 28 heavy (non-hydrogen) atoms. The van der Waals surface area contributed by atoms with E-state index in [1.807, 2.05) is 55.5 Å². The summed E-state index contributed by atoms with van der Waals surface area (Å²) in [6.45, 7) is 2.51. The van der Waals surface area contributed by atoms with E-state index in [0.717, 1.165) is 26.5 Å². The van der Waals surface area contributed by atoms with Crippen molar-refractivity contribution >= 4 is 39.2 Å². The summed E-state index contributed by atoms with van der Waals surface area (Å²) in [4.78, 5) is 18.8. The average molecular weight is 411 g/mol. The number of aryl methyl sites for hydroxylation is 1. The number of fused-ring (bicyclic) bond motifs is 1. The quantitative estimate of drug-likeness (QED) is 0.454. The molecule has 0 unspecified atom stereocenters. The number of carbonyl (C=O) groups excluding carboxylic acids is 1. The number of thiazole rings is 1. The molecule has 0 radical (unpaired) electrons. The molecular weight excluding hydrogens is 392 g/mol. The van der Waals surface area contributed by atoms with Crippen LogP contribution in [0.5, 0.6) is 0 Å². The zero-order chi connectivity index (χ0) is 19.5. The molecule has 0 aliphatic heterocycles. The third-order valence-corrected chi connectivity index (χ3v) is 6.11. The molecule has 2 heterocycles. The smallest absolute Gasteiger partial charge is 0.233 e. The first-order valence-electron chi connectivity index (χ1n) is 8.67. The Balaban J connectivity index is 1.39. The number of benzene rings is 2. The van der Waals surface area contributed by atoms with Gasteiger partial charge in [0, 0.05) is 7.05 Å². The van der Waals surface area contributed by atoms with E-state index in [-0.39, 0.29) is 11.7 Å². The molecule has 0 aliphatic rings. The number of nitrogens with zero attached hydrogens (tertiary/aromatic N) is 6. The van der Waals surface area contributed by atoms with Crippen LogP contribution in [0, 0.1) is 6.92 Å². The Morgan fingerprint density at radius 3 is 2.75 bits per heavy atom. The van der Waals surface area contributed by atoms with Crippen molar-refractivity contribution in [3.05, 3.63) is 59.1 Å². The molecule has 0 fully saturated rings. The number of thioether (sulfide) groups is 1. The highest BCUT2D eigenvalue weighted by Gasteiger charge is 2.16. The molecule has 1 amide bonds. The van der Waals surface area contributed by atoms with E-state index >= 15 is 0 Å². The van der Waals surface area contributed by atoms with Crippen LogP contribution in [0.4, 0.5) is 0 Å². The zero-order valence-electron chi connectivity index (χ0n) is 15.4. The van der Waals surface area contributed by atoms with Gasteiger partial charge in [0.05, 0.1) is 28.2 Å². The molecular formula is C19H18N6OS2. The average Bonchev–Trinajstić information content (AvgIpc) is 3.32. The predicted octanol–water partition coefficient (Wildman–Crippen LogP) is 3.33. The predicted molar refractivity (Wildman–Crippen MR) is 111 cm³/mol. The van der Waals surface area contributed by atoms with Crippen LogP contribution < -0.4 is 0 Å². The third-order valence-electron chi connectivity index (χ3n) is 4.18. The minimum atomic E-state index is 0.00251. The van der Waals surface area contributed by atoms with Crippen LogP contribution in [-0.4, -0.2) is 48.8 Å². The molecule has 0 bridgehead atoms. The molecule has 0 atom stereocenters. The van der Waals surface area contributed by atoms with Crippen LogP contribution in [0.25, 0.3) is 15.9 Å². The van der Waals surface area contributed by atoms with Crippen molar-refractivity contribution in [3.63, 3.8) is 0 Å². The van der Waals surface area contributed by atoms with Crippen molar-refractivity contribution in [3.8, 4) is 5.69 Å². The third kappa shape index (κ3) is 4.05. The Morgan fingerprint density at radius 2 is 1.96 bits per heavy atom. The van der Waals surface area contributed by atoms with Crippen molar-refractivity contribution in [2.75, 3.05) is 12.8 Å². The molecule has 4 rings (SSSR count). The number of aromatic nitrogens is 5. The molecule has 142 valence electrons. The molecule has 4 aromatic rings. The van der Waals surface area contributed by atoms with E-state index in [1.165, 1.54) is 11.8 Å². The van der Waals surface area contributed by atoms with Crippen molar-refractivity contribution < 1.29 is 4.79 Å². The first-order valence-corrected chi connectivity index (χ1v) is 10.5. The van der Waals surface area contributed by atoms with Gasteiger partial charge in [-0.15, -0.1) is 16.4 Å². The number of amides is 1. The van der Waals surface area contributed by atoms with Gasteiger partial charge in [-0.2, -0.15) is 4.68 Å². The highest BCUT2D eigenvalue weighted by Crippen LogP contribution is 2.23. The van der Waals surface area contributed by atoms with Crippen LogP contribution in [0.1, 0.15) is 10.6 Å². The fraction of sp³-hybridized carbons (Fsp3) is 0.211. The lowest BCUT2D eigenvalue weighted by molar-refractivity contribution is -0.127. The Kier molecular flexibility index (Phi) is 5.36. The van der Waals surface area contributed by atoms with Gasteiger partial charge >= 0.3 is 0 Å². The van der Waals surface area contributed by atoms with Gasteiger partial charge in [-0.1, -0.05) is 41.6 Å². The summed E-state index contributed by atoms with van der Waals surface area (Å²) >= 11 is 2.93. The molecule has 0 saturated heterocycles. The van der Waals surface area contributed by atoms with Crippen LogP contribution in [0.2, 0.25) is 0 Å². The monoisotopic (exact) mass is 410 g/mol. The second kappa shape index (κ2) is 8.07. The fourth-order valence-electron chi connectivity index (χ4n) is 2.63. The minimum absolute atomic E-state index is 0.00251. The topological polar surface area (TPSA) is 76.8 Å². The summed E-state index contributed by atoms with van der Waals surface area (Å²) < 4.78 is 2.77. The van der Waals surface area contributed by atoms with Crippen molar-refractivity contribution in [1.29, 1.82) is 0 Å². The molecule has 0 N–H and O–H groups in total. The Hall–Kier alpha value is -2.78. The number of tetrazole rings is 1. The summed E-state index contributed by atoms with van der Waals surface area (Å²) in [5, 5.41) is 13.3. The van der Waals surface area contributed by atoms with E-state index in [1.54, 1.807) is 28.0 Å². The summed E-state index contributed by atoms with van der Waals surface area (Å²) in [6, 6.07) is 15.9. The molecule has 0 spiro atoms. The normalized spacial score (nSPS) is 11.1. The highest BCUT2D eigenvalue weighted by atomic mass is 32.2. The summed E-state index contributed by atoms with van der Waals surface area (Å²) in [7, 11) is 1.79. The van der Waals surface area contributed by atoms with Gasteiger partial charge in [0.25, 0.3) is 0 Å². The van der Waals surface area contributed by atoms with Gasteiger partial charge in [0.1, 0.15) is 5.01 Å². The molecule has 2 aromatic carbocycles. The number of para-hydroxylation sites is 1. The maximum Gasteiger partial charge on any atom is 0.233 e. The van der Waals surface area contributed by atoms with Crippen molar-refractivity contribution in [1.82, 2.24) is 30.1 Å². The van der Waals surface area contributed by atoms with Gasteiger partial charge < -0.3 is 4.90 Å². The van der Waals surface area contributed by atoms with Gasteiger partial charge in [0.2, 0.25) is 11.1 Å². The first kappa shape index (κ1) is 18.6. The maximum atomic E-state index is 12.6.